The Bertz CT molecular complexity index is 721. The zero-order valence-corrected chi connectivity index (χ0v) is 12.1. The van der Waals surface area contributed by atoms with E-state index in [0.29, 0.717) is 5.82 Å². The van der Waals surface area contributed by atoms with E-state index >= 15 is 0 Å². The van der Waals surface area contributed by atoms with Crippen LogP contribution in [0, 0.1) is 0 Å². The summed E-state index contributed by atoms with van der Waals surface area (Å²) in [6, 6.07) is 10.8. The zero-order chi connectivity index (χ0) is 16.4. The molecule has 23 heavy (non-hydrogen) atoms. The van der Waals surface area contributed by atoms with Crippen molar-refractivity contribution in [1.29, 1.82) is 0 Å². The van der Waals surface area contributed by atoms with Gasteiger partial charge in [0.1, 0.15) is 24.1 Å². The summed E-state index contributed by atoms with van der Waals surface area (Å²) >= 11 is 0. The normalized spacial score (nSPS) is 27.1. The Labute approximate surface area is 131 Å². The standard InChI is InChI=1S/C15H17N3O5/c19-8-10-12(20)13(21)14(23-10)18-7-6-11(17-15(18)22)16-9-4-2-1-3-5-9/h1-7,10,12-14,19-21H,8H2,(H,16,17,22)/t10-,12-,13-,14-/m1/s1. The fourth-order valence-corrected chi connectivity index (χ4v) is 2.46. The Kier molecular flexibility index (Phi) is 4.39. The summed E-state index contributed by atoms with van der Waals surface area (Å²) in [5.74, 6) is 0.351. The molecule has 1 aliphatic heterocycles. The van der Waals surface area contributed by atoms with Crippen molar-refractivity contribution in [2.75, 3.05) is 11.9 Å². The van der Waals surface area contributed by atoms with Crippen LogP contribution in [0.2, 0.25) is 0 Å². The third-order valence-corrected chi connectivity index (χ3v) is 3.67. The highest BCUT2D eigenvalue weighted by molar-refractivity contribution is 5.54. The molecule has 1 aliphatic rings. The Balaban J connectivity index is 1.82. The predicted octanol–water partition coefficient (Wildman–Crippen LogP) is -0.402. The van der Waals surface area contributed by atoms with E-state index < -0.39 is 36.8 Å². The highest BCUT2D eigenvalue weighted by Crippen LogP contribution is 2.28. The number of nitrogens with one attached hydrogen (secondary N) is 1. The van der Waals surface area contributed by atoms with E-state index in [1.807, 2.05) is 30.3 Å². The van der Waals surface area contributed by atoms with Gasteiger partial charge in [0.2, 0.25) is 0 Å². The first-order valence-electron chi connectivity index (χ1n) is 7.14. The van der Waals surface area contributed by atoms with Crippen LogP contribution >= 0.6 is 0 Å². The fourth-order valence-electron chi connectivity index (χ4n) is 2.46. The molecule has 0 spiro atoms. The smallest absolute Gasteiger partial charge is 0.351 e. The van der Waals surface area contributed by atoms with E-state index in [4.69, 9.17) is 9.84 Å². The number of benzene rings is 1. The van der Waals surface area contributed by atoms with Crippen LogP contribution in [0.5, 0.6) is 0 Å². The van der Waals surface area contributed by atoms with Gasteiger partial charge in [-0.1, -0.05) is 18.2 Å². The van der Waals surface area contributed by atoms with E-state index in [-0.39, 0.29) is 0 Å². The second-order valence-corrected chi connectivity index (χ2v) is 5.22. The van der Waals surface area contributed by atoms with Gasteiger partial charge in [-0.25, -0.2) is 4.79 Å². The first-order valence-corrected chi connectivity index (χ1v) is 7.14. The maximum atomic E-state index is 12.1. The van der Waals surface area contributed by atoms with Crippen molar-refractivity contribution in [2.45, 2.75) is 24.5 Å². The zero-order valence-electron chi connectivity index (χ0n) is 12.1. The molecule has 0 amide bonds. The van der Waals surface area contributed by atoms with Crippen LogP contribution in [0.25, 0.3) is 0 Å². The van der Waals surface area contributed by atoms with Crippen LogP contribution in [0.1, 0.15) is 6.23 Å². The number of aliphatic hydroxyl groups excluding tert-OH is 3. The van der Waals surface area contributed by atoms with Crippen molar-refractivity contribution in [3.63, 3.8) is 0 Å². The molecule has 1 aromatic heterocycles. The van der Waals surface area contributed by atoms with Gasteiger partial charge in [0.25, 0.3) is 0 Å². The number of anilines is 2. The van der Waals surface area contributed by atoms with Crippen LogP contribution in [0.4, 0.5) is 11.5 Å². The molecule has 0 saturated carbocycles. The number of para-hydroxylation sites is 1. The maximum Gasteiger partial charge on any atom is 0.351 e. The second-order valence-electron chi connectivity index (χ2n) is 5.22. The lowest BCUT2D eigenvalue weighted by Crippen LogP contribution is -2.36. The molecular formula is C15H17N3O5. The molecule has 122 valence electrons. The molecule has 0 unspecified atom stereocenters. The highest BCUT2D eigenvalue weighted by Gasteiger charge is 2.43. The summed E-state index contributed by atoms with van der Waals surface area (Å²) in [5.41, 5.74) is 0.144. The minimum absolute atomic E-state index is 0.351. The van der Waals surface area contributed by atoms with Gasteiger partial charge in [-0.15, -0.1) is 0 Å². The van der Waals surface area contributed by atoms with E-state index in [2.05, 4.69) is 10.3 Å². The molecule has 8 nitrogen and oxygen atoms in total. The van der Waals surface area contributed by atoms with E-state index in [1.54, 1.807) is 6.07 Å². The molecule has 4 atom stereocenters. The molecule has 2 aromatic rings. The third kappa shape index (κ3) is 3.10. The average Bonchev–Trinajstić information content (AvgIpc) is 2.84. The van der Waals surface area contributed by atoms with Crippen LogP contribution in [-0.2, 0) is 4.74 Å². The predicted molar refractivity (Wildman–Crippen MR) is 81.2 cm³/mol. The quantitative estimate of drug-likeness (QED) is 0.606. The molecule has 0 aliphatic carbocycles. The van der Waals surface area contributed by atoms with Crippen molar-refractivity contribution in [2.24, 2.45) is 0 Å². The molecule has 0 bridgehead atoms. The summed E-state index contributed by atoms with van der Waals surface area (Å²) in [6.07, 6.45) is -3.20. The van der Waals surface area contributed by atoms with E-state index in [9.17, 15) is 15.0 Å². The second kappa shape index (κ2) is 6.47. The molecule has 2 heterocycles. The Morgan fingerprint density at radius 3 is 2.52 bits per heavy atom. The van der Waals surface area contributed by atoms with Crippen molar-refractivity contribution < 1.29 is 20.1 Å². The van der Waals surface area contributed by atoms with Gasteiger partial charge in [0.15, 0.2) is 6.23 Å². The van der Waals surface area contributed by atoms with Crippen LogP contribution in [0.15, 0.2) is 47.4 Å². The lowest BCUT2D eigenvalue weighted by Gasteiger charge is -2.17. The number of ether oxygens (including phenoxy) is 1. The number of aromatic nitrogens is 2. The van der Waals surface area contributed by atoms with Crippen molar-refractivity contribution in [1.82, 2.24) is 9.55 Å². The molecule has 3 rings (SSSR count). The van der Waals surface area contributed by atoms with Crippen molar-refractivity contribution in [3.05, 3.63) is 53.1 Å². The fraction of sp³-hybridized carbons (Fsp3) is 0.333. The first-order chi connectivity index (χ1) is 11.1. The Morgan fingerprint density at radius 2 is 1.91 bits per heavy atom. The van der Waals surface area contributed by atoms with Gasteiger partial charge < -0.3 is 25.4 Å². The first kappa shape index (κ1) is 15.6. The Hall–Kier alpha value is -2.26. The molecule has 1 fully saturated rings. The van der Waals surface area contributed by atoms with E-state index in [1.165, 1.54) is 6.20 Å². The largest absolute Gasteiger partial charge is 0.394 e. The maximum absolute atomic E-state index is 12.1. The molecule has 1 saturated heterocycles. The van der Waals surface area contributed by atoms with Gasteiger partial charge >= 0.3 is 5.69 Å². The third-order valence-electron chi connectivity index (χ3n) is 3.67. The van der Waals surface area contributed by atoms with Gasteiger partial charge in [-0.2, -0.15) is 4.98 Å². The van der Waals surface area contributed by atoms with Gasteiger partial charge in [0, 0.05) is 11.9 Å². The van der Waals surface area contributed by atoms with Gasteiger partial charge in [-0.3, -0.25) is 4.57 Å². The van der Waals surface area contributed by atoms with Crippen LogP contribution < -0.4 is 11.0 Å². The van der Waals surface area contributed by atoms with Crippen molar-refractivity contribution in [3.8, 4) is 0 Å². The highest BCUT2D eigenvalue weighted by atomic mass is 16.6. The molecule has 8 heteroatoms. The lowest BCUT2D eigenvalue weighted by molar-refractivity contribution is -0.0549. The number of aliphatic hydroxyl groups is 3. The Morgan fingerprint density at radius 1 is 1.17 bits per heavy atom. The molecule has 4 N–H and O–H groups in total. The van der Waals surface area contributed by atoms with Gasteiger partial charge in [-0.05, 0) is 18.2 Å². The summed E-state index contributed by atoms with van der Waals surface area (Å²) in [5, 5.41) is 31.8. The lowest BCUT2D eigenvalue weighted by atomic mass is 10.1. The summed E-state index contributed by atoms with van der Waals surface area (Å²) < 4.78 is 6.40. The number of hydrogen-bond acceptors (Lipinski definition) is 7. The van der Waals surface area contributed by atoms with Gasteiger partial charge in [0.05, 0.1) is 6.61 Å². The number of hydrogen-bond donors (Lipinski definition) is 4. The minimum Gasteiger partial charge on any atom is -0.394 e. The number of rotatable bonds is 4. The van der Waals surface area contributed by atoms with Crippen LogP contribution in [-0.4, -0.2) is 49.8 Å². The summed E-state index contributed by atoms with van der Waals surface area (Å²) in [7, 11) is 0. The van der Waals surface area contributed by atoms with Crippen LogP contribution in [0.3, 0.4) is 0 Å². The monoisotopic (exact) mass is 319 g/mol. The summed E-state index contributed by atoms with van der Waals surface area (Å²) in [4.78, 5) is 16.0. The topological polar surface area (TPSA) is 117 Å². The molecule has 1 aromatic carbocycles. The van der Waals surface area contributed by atoms with Crippen molar-refractivity contribution >= 4 is 11.5 Å². The van der Waals surface area contributed by atoms with E-state index in [0.717, 1.165) is 10.3 Å². The minimum atomic E-state index is -1.32. The summed E-state index contributed by atoms with van der Waals surface area (Å²) in [6.45, 7) is -0.454. The average molecular weight is 319 g/mol. The molecular weight excluding hydrogens is 302 g/mol. The SMILES string of the molecule is O=c1nc(Nc2ccccc2)ccn1[C@@H]1O[C@H](CO)[C@@H](O)[C@H]1O. The number of nitrogens with zero attached hydrogens (tertiary/aromatic N) is 2. The molecule has 0 radical (unpaired) electrons.